The van der Waals surface area contributed by atoms with Crippen molar-refractivity contribution in [2.24, 2.45) is 0 Å². The predicted octanol–water partition coefficient (Wildman–Crippen LogP) is 6.01. The lowest BCUT2D eigenvalue weighted by atomic mass is 10.1. The summed E-state index contributed by atoms with van der Waals surface area (Å²) in [6.45, 7) is 6.98. The van der Waals surface area contributed by atoms with Crippen molar-refractivity contribution in [2.45, 2.75) is 25.8 Å². The van der Waals surface area contributed by atoms with E-state index in [2.05, 4.69) is 116 Å². The summed E-state index contributed by atoms with van der Waals surface area (Å²) in [5.74, 6) is 0. The fourth-order valence-electron chi connectivity index (χ4n) is 2.83. The summed E-state index contributed by atoms with van der Waals surface area (Å²) in [6.07, 6.45) is 3.29. The summed E-state index contributed by atoms with van der Waals surface area (Å²) in [5.41, 5.74) is 6.38. The highest BCUT2D eigenvalue weighted by molar-refractivity contribution is 7.72. The molecule has 131 valence electrons. The average molecular weight is 374 g/mol. The molecule has 0 aliphatic carbocycles. The second-order valence-corrected chi connectivity index (χ2v) is 14.5. The molecule has 3 rings (SSSR count). The molecule has 0 N–H and O–H groups in total. The molecule has 0 aromatic heterocycles. The first-order valence-corrected chi connectivity index (χ1v) is 14.1. The normalized spacial score (nSPS) is 12.0. The van der Waals surface area contributed by atoms with Gasteiger partial charge in [0, 0.05) is 6.16 Å². The Bertz CT molecular complexity index is 809. The summed E-state index contributed by atoms with van der Waals surface area (Å²) < 4.78 is 0. The van der Waals surface area contributed by atoms with E-state index in [1.807, 2.05) is 0 Å². The largest absolute Gasteiger partial charge is 0.0774 e. The van der Waals surface area contributed by atoms with E-state index in [9.17, 15) is 0 Å². The molecule has 0 bridgehead atoms. The Labute approximate surface area is 160 Å². The van der Waals surface area contributed by atoms with Gasteiger partial charge in [-0.3, -0.25) is 0 Å². The number of hydrogen-bond donors (Lipinski definition) is 0. The van der Waals surface area contributed by atoms with Gasteiger partial charge in [0.1, 0.15) is 0 Å². The quantitative estimate of drug-likeness (QED) is 0.366. The predicted molar refractivity (Wildman–Crippen MR) is 120 cm³/mol. The van der Waals surface area contributed by atoms with Crippen molar-refractivity contribution in [1.82, 2.24) is 0 Å². The zero-order chi connectivity index (χ0) is 18.4. The molecule has 3 aromatic carbocycles. The molecule has 3 aromatic rings. The van der Waals surface area contributed by atoms with E-state index in [0.717, 1.165) is 6.16 Å². The van der Waals surface area contributed by atoms with Gasteiger partial charge in [0.25, 0.3) is 0 Å². The van der Waals surface area contributed by atoms with E-state index in [4.69, 9.17) is 0 Å². The minimum absolute atomic E-state index is 0.419. The van der Waals surface area contributed by atoms with Gasteiger partial charge in [0.15, 0.2) is 0 Å². The van der Waals surface area contributed by atoms with Crippen molar-refractivity contribution in [2.75, 3.05) is 0 Å². The maximum Gasteiger partial charge on any atom is 0.0774 e. The van der Waals surface area contributed by atoms with Gasteiger partial charge in [0.2, 0.25) is 0 Å². The molecule has 0 heterocycles. The zero-order valence-corrected chi connectivity index (χ0v) is 17.7. The van der Waals surface area contributed by atoms with Crippen LogP contribution in [0.15, 0.2) is 84.9 Å². The van der Waals surface area contributed by atoms with Gasteiger partial charge in [-0.1, -0.05) is 116 Å². The number of benzene rings is 3. The molecule has 0 aliphatic rings. The first kappa shape index (κ1) is 18.8. The molecular formula is C24H26PSi. The smallest absolute Gasteiger partial charge is 0.0656 e. The monoisotopic (exact) mass is 373 g/mol. The molecule has 0 aliphatic heterocycles. The second-order valence-electron chi connectivity index (χ2n) is 7.49. The van der Waals surface area contributed by atoms with Crippen molar-refractivity contribution < 1.29 is 0 Å². The van der Waals surface area contributed by atoms with Crippen LogP contribution in [0.2, 0.25) is 19.6 Å². The Kier molecular flexibility index (Phi) is 6.24. The van der Waals surface area contributed by atoms with Gasteiger partial charge in [-0.25, -0.2) is 0 Å². The highest BCUT2D eigenvalue weighted by Crippen LogP contribution is 2.38. The third kappa shape index (κ3) is 5.27. The lowest BCUT2D eigenvalue weighted by Gasteiger charge is -2.20. The van der Waals surface area contributed by atoms with Gasteiger partial charge in [-0.2, -0.15) is 0 Å². The molecule has 1 radical (unpaired) electrons. The lowest BCUT2D eigenvalue weighted by Crippen LogP contribution is -2.16. The second kappa shape index (κ2) is 8.62. The maximum absolute atomic E-state index is 3.65. The third-order valence-electron chi connectivity index (χ3n) is 4.18. The van der Waals surface area contributed by atoms with Crippen LogP contribution in [0.5, 0.6) is 0 Å². The molecule has 2 heteroatoms. The van der Waals surface area contributed by atoms with Crippen LogP contribution in [0.1, 0.15) is 11.1 Å². The fraction of sp³-hybridized carbons (Fsp3) is 0.167. The molecule has 0 atom stereocenters. The summed E-state index contributed by atoms with van der Waals surface area (Å²) >= 11 is 0. The minimum atomic E-state index is -1.33. The SMILES string of the molecule is C[Si](C)(C)[C]=Cc1ccccc1CP(c1ccccc1)c1ccccc1. The average Bonchev–Trinajstić information content (AvgIpc) is 2.66. The van der Waals surface area contributed by atoms with Crippen LogP contribution in [0.3, 0.4) is 0 Å². The molecule has 0 saturated carbocycles. The maximum atomic E-state index is 3.65. The molecule has 0 fully saturated rings. The third-order valence-corrected chi connectivity index (χ3v) is 7.69. The highest BCUT2D eigenvalue weighted by atomic mass is 31.1. The van der Waals surface area contributed by atoms with Crippen LogP contribution in [0.25, 0.3) is 6.08 Å². The van der Waals surface area contributed by atoms with Crippen LogP contribution in [-0.2, 0) is 6.16 Å². The van der Waals surface area contributed by atoms with E-state index in [1.54, 1.807) is 0 Å². The van der Waals surface area contributed by atoms with Gasteiger partial charge >= 0.3 is 0 Å². The lowest BCUT2D eigenvalue weighted by molar-refractivity contribution is 1.38. The molecule has 26 heavy (non-hydrogen) atoms. The molecule has 0 nitrogen and oxygen atoms in total. The van der Waals surface area contributed by atoms with Crippen molar-refractivity contribution in [3.63, 3.8) is 0 Å². The van der Waals surface area contributed by atoms with Gasteiger partial charge in [0.05, 0.1) is 8.07 Å². The van der Waals surface area contributed by atoms with E-state index < -0.39 is 16.0 Å². The van der Waals surface area contributed by atoms with E-state index in [-0.39, 0.29) is 0 Å². The van der Waals surface area contributed by atoms with Crippen LogP contribution >= 0.6 is 7.92 Å². The van der Waals surface area contributed by atoms with Gasteiger partial charge in [-0.05, 0) is 29.7 Å². The minimum Gasteiger partial charge on any atom is -0.0656 e. The molecule has 0 amide bonds. The van der Waals surface area contributed by atoms with Crippen molar-refractivity contribution in [3.8, 4) is 0 Å². The van der Waals surface area contributed by atoms with E-state index >= 15 is 0 Å². The van der Waals surface area contributed by atoms with Crippen molar-refractivity contribution in [3.05, 3.63) is 102 Å². The Morgan fingerprint density at radius 3 is 1.77 bits per heavy atom. The first-order chi connectivity index (χ1) is 12.5. The molecule has 0 unspecified atom stereocenters. The zero-order valence-electron chi connectivity index (χ0n) is 15.8. The van der Waals surface area contributed by atoms with Crippen LogP contribution in [0.4, 0.5) is 0 Å². The Balaban J connectivity index is 1.97. The first-order valence-electron chi connectivity index (χ1n) is 9.09. The summed E-state index contributed by atoms with van der Waals surface area (Å²) in [4.78, 5) is 0. The van der Waals surface area contributed by atoms with Crippen LogP contribution < -0.4 is 10.6 Å². The highest BCUT2D eigenvalue weighted by Gasteiger charge is 2.16. The topological polar surface area (TPSA) is 0 Å². The Hall–Kier alpha value is -1.95. The van der Waals surface area contributed by atoms with Gasteiger partial charge in [-0.15, -0.1) is 0 Å². The number of rotatable bonds is 6. The molecule has 0 saturated heterocycles. The van der Waals surface area contributed by atoms with Gasteiger partial charge < -0.3 is 0 Å². The molecule has 0 spiro atoms. The van der Waals surface area contributed by atoms with Crippen molar-refractivity contribution in [1.29, 1.82) is 0 Å². The van der Waals surface area contributed by atoms with Crippen LogP contribution in [0, 0.1) is 5.70 Å². The summed E-state index contributed by atoms with van der Waals surface area (Å²) in [5, 5.41) is 2.86. The fourth-order valence-corrected chi connectivity index (χ4v) is 5.78. The number of hydrogen-bond acceptors (Lipinski definition) is 0. The Morgan fingerprint density at radius 1 is 0.731 bits per heavy atom. The van der Waals surface area contributed by atoms with E-state index in [0.29, 0.717) is 0 Å². The van der Waals surface area contributed by atoms with Crippen LogP contribution in [-0.4, -0.2) is 8.07 Å². The molecular weight excluding hydrogens is 347 g/mol. The summed E-state index contributed by atoms with van der Waals surface area (Å²) in [7, 11) is -1.75. The standard InChI is InChI=1S/C24H26PSi/c1-26(2,3)19-18-21-12-10-11-13-22(21)20-25(23-14-6-4-7-15-23)24-16-8-5-9-17-24/h4-18H,20H2,1-3H3. The van der Waals surface area contributed by atoms with Crippen molar-refractivity contribution >= 4 is 32.7 Å². The van der Waals surface area contributed by atoms with E-state index in [1.165, 1.54) is 21.7 Å². The Morgan fingerprint density at radius 2 is 1.23 bits per heavy atom. The summed E-state index contributed by atoms with van der Waals surface area (Å²) in [6, 6.07) is 30.7.